The Morgan fingerprint density at radius 3 is 1.61 bits per heavy atom. The van der Waals surface area contributed by atoms with Crippen molar-refractivity contribution in [1.29, 1.82) is 0 Å². The molecule has 12 nitrogen and oxygen atoms in total. The Morgan fingerprint density at radius 1 is 0.658 bits per heavy atom. The predicted octanol–water partition coefficient (Wildman–Crippen LogP) is -1.23. The summed E-state index contributed by atoms with van der Waals surface area (Å²) in [6.45, 7) is 0. The van der Waals surface area contributed by atoms with Crippen LogP contribution in [0.3, 0.4) is 0 Å². The van der Waals surface area contributed by atoms with Gasteiger partial charge in [-0.3, -0.25) is 0 Å². The minimum Gasteiger partial charge on any atom is -0.744 e. The summed E-state index contributed by atoms with van der Waals surface area (Å²) in [6, 6.07) is 16.3. The van der Waals surface area contributed by atoms with Gasteiger partial charge in [-0.25, -0.2) is 16.8 Å². The Hall–Kier alpha value is -2.24. The molecule has 3 N–H and O–H groups in total. The van der Waals surface area contributed by atoms with Crippen molar-refractivity contribution in [1.82, 2.24) is 0 Å². The maximum atomic E-state index is 11.8. The molecule has 0 unspecified atom stereocenters. The number of rotatable bonds is 6. The minimum absolute atomic E-state index is 0. The van der Waals surface area contributed by atoms with Crippen molar-refractivity contribution in [3.63, 3.8) is 0 Å². The summed E-state index contributed by atoms with van der Waals surface area (Å²) in [4.78, 5) is -1.13. The third kappa shape index (κ3) is 7.66. The Balaban J connectivity index is 0.00000253. The molecular weight excluding hydrogens is 556 g/mol. The van der Waals surface area contributed by atoms with Crippen LogP contribution in [0.4, 0.5) is 28.4 Å². The molecule has 0 aromatic heterocycles. The number of phenols is 1. The van der Waals surface area contributed by atoms with Crippen LogP contribution in [0.15, 0.2) is 103 Å². The van der Waals surface area contributed by atoms with E-state index in [-0.39, 0.29) is 80.5 Å². The van der Waals surface area contributed by atoms with Gasteiger partial charge in [0.05, 0.1) is 26.9 Å². The molecule has 38 heavy (non-hydrogen) atoms. The van der Waals surface area contributed by atoms with Crippen molar-refractivity contribution in [2.75, 3.05) is 5.73 Å². The Labute approximate surface area is 261 Å². The average Bonchev–Trinajstić information content (AvgIpc) is 2.81. The van der Waals surface area contributed by atoms with E-state index in [2.05, 4.69) is 20.5 Å². The maximum absolute atomic E-state index is 11.8. The first-order chi connectivity index (χ1) is 16.9. The zero-order valence-corrected chi connectivity index (χ0v) is 25.6. The Bertz CT molecular complexity index is 1750. The van der Waals surface area contributed by atoms with E-state index in [1.54, 1.807) is 0 Å². The number of nitrogens with zero attached hydrogens (tertiary/aromatic N) is 4. The van der Waals surface area contributed by atoms with E-state index < -0.39 is 36.6 Å². The third-order valence-corrected chi connectivity index (χ3v) is 6.57. The Kier molecular flexibility index (Phi) is 10.7. The van der Waals surface area contributed by atoms with E-state index >= 15 is 0 Å². The second-order valence-corrected chi connectivity index (χ2v) is 10.1. The molecule has 0 aliphatic rings. The van der Waals surface area contributed by atoms with Gasteiger partial charge in [-0.1, -0.05) is 0 Å². The number of hydrogen-bond acceptors (Lipinski definition) is 12. The van der Waals surface area contributed by atoms with Gasteiger partial charge in [0.25, 0.3) is 0 Å². The van der Waals surface area contributed by atoms with Crippen LogP contribution in [0.2, 0.25) is 0 Å². The van der Waals surface area contributed by atoms with Crippen LogP contribution >= 0.6 is 0 Å². The van der Waals surface area contributed by atoms with E-state index in [1.165, 1.54) is 54.6 Å². The predicted molar refractivity (Wildman–Crippen MR) is 127 cm³/mol. The van der Waals surface area contributed by atoms with Crippen molar-refractivity contribution in [3.05, 3.63) is 72.8 Å². The maximum Gasteiger partial charge on any atom is 1.00 e. The normalized spacial score (nSPS) is 11.9. The topological polar surface area (TPSA) is 210 Å². The third-order valence-electron chi connectivity index (χ3n) is 4.87. The summed E-state index contributed by atoms with van der Waals surface area (Å²) in [5.41, 5.74) is 6.46. The first-order valence-corrected chi connectivity index (χ1v) is 12.7. The van der Waals surface area contributed by atoms with Gasteiger partial charge in [0, 0.05) is 11.1 Å². The van der Waals surface area contributed by atoms with Crippen LogP contribution < -0.4 is 64.8 Å². The molecule has 0 saturated heterocycles. The molecule has 0 aliphatic carbocycles. The largest absolute Gasteiger partial charge is 1.00 e. The number of aromatic hydroxyl groups is 1. The molecule has 184 valence electrons. The van der Waals surface area contributed by atoms with Crippen LogP contribution in [0.1, 0.15) is 0 Å². The molecule has 0 aliphatic heterocycles. The molecule has 4 aromatic carbocycles. The summed E-state index contributed by atoms with van der Waals surface area (Å²) in [5.74, 6) is -0.535. The smallest absolute Gasteiger partial charge is 0.744 e. The first kappa shape index (κ1) is 32.0. The summed E-state index contributed by atoms with van der Waals surface area (Å²) in [5, 5.41) is 26.7. The second-order valence-electron chi connectivity index (χ2n) is 7.37. The zero-order valence-electron chi connectivity index (χ0n) is 20.0. The average molecular weight is 572 g/mol. The summed E-state index contributed by atoms with van der Waals surface area (Å²) < 4.78 is 68.2. The van der Waals surface area contributed by atoms with Crippen LogP contribution in [0, 0.1) is 0 Å². The molecule has 0 amide bonds. The molecule has 0 fully saturated rings. The summed E-state index contributed by atoms with van der Waals surface area (Å²) >= 11 is 0. The van der Waals surface area contributed by atoms with Gasteiger partial charge in [-0.05, 0) is 78.2 Å². The van der Waals surface area contributed by atoms with Crippen LogP contribution in [-0.2, 0) is 20.2 Å². The van der Waals surface area contributed by atoms with Gasteiger partial charge in [0.1, 0.15) is 25.9 Å². The van der Waals surface area contributed by atoms with Gasteiger partial charge in [-0.2, -0.15) is 15.3 Å². The van der Waals surface area contributed by atoms with Gasteiger partial charge in [-0.15, -0.1) is 5.11 Å². The van der Waals surface area contributed by atoms with Crippen molar-refractivity contribution >= 4 is 59.4 Å². The van der Waals surface area contributed by atoms with Gasteiger partial charge in [0.15, 0.2) is 5.75 Å². The summed E-state index contributed by atoms with van der Waals surface area (Å²) in [6.07, 6.45) is 0. The molecule has 4 rings (SSSR count). The SMILES string of the molecule is Nc1ccc2c(O)c(N=Nc3ccc(N=Nc4ccc(S(=O)(=O)[O-])cc4)cc3)c(S(=O)(=O)[O-])cc2c1.[Na+].[Na+]. The number of anilines is 1. The van der Waals surface area contributed by atoms with Crippen LogP contribution in [0.25, 0.3) is 10.8 Å². The van der Waals surface area contributed by atoms with E-state index in [0.29, 0.717) is 17.1 Å². The minimum atomic E-state index is -5.00. The standard InChI is InChI=1S/C22H17N5O7S2.2Na/c23-14-1-10-19-13(11-14)12-20(36(32,33)34)21(22(19)28)27-26-16-4-2-15(3-5-16)24-25-17-6-8-18(9-7-17)35(29,30)31;;/h1-12,28H,23H2,(H,29,30,31)(H,32,33,34);;/q;2*+1/p-2. The number of nitrogen functional groups attached to an aromatic ring is 1. The van der Waals surface area contributed by atoms with Crippen molar-refractivity contribution < 1.29 is 90.2 Å². The molecule has 0 saturated carbocycles. The van der Waals surface area contributed by atoms with Gasteiger partial charge >= 0.3 is 59.1 Å². The van der Waals surface area contributed by atoms with Gasteiger partial charge in [0.2, 0.25) is 0 Å². The number of benzene rings is 4. The summed E-state index contributed by atoms with van der Waals surface area (Å²) in [7, 11) is -9.56. The fraction of sp³-hybridized carbons (Fsp3) is 0. The fourth-order valence-corrected chi connectivity index (χ4v) is 4.26. The number of nitrogens with two attached hydrogens (primary N) is 1. The van der Waals surface area contributed by atoms with E-state index in [1.807, 2.05) is 0 Å². The van der Waals surface area contributed by atoms with E-state index in [4.69, 9.17) is 5.73 Å². The number of azo groups is 2. The van der Waals surface area contributed by atoms with Crippen LogP contribution in [0.5, 0.6) is 5.75 Å². The van der Waals surface area contributed by atoms with Crippen molar-refractivity contribution in [2.45, 2.75) is 9.79 Å². The molecule has 0 heterocycles. The molecule has 16 heteroatoms. The number of hydrogen-bond donors (Lipinski definition) is 2. The molecule has 0 bridgehead atoms. The van der Waals surface area contributed by atoms with E-state index in [9.17, 15) is 31.0 Å². The molecule has 4 aromatic rings. The number of phenolic OH excluding ortho intramolecular Hbond substituents is 1. The monoisotopic (exact) mass is 571 g/mol. The van der Waals surface area contributed by atoms with E-state index in [0.717, 1.165) is 18.2 Å². The molecular formula is C22H15N5Na2O7S2. The first-order valence-electron chi connectivity index (χ1n) is 9.92. The fourth-order valence-electron chi connectivity index (χ4n) is 3.15. The second kappa shape index (κ2) is 12.7. The molecule has 0 spiro atoms. The Morgan fingerprint density at radius 2 is 1.13 bits per heavy atom. The van der Waals surface area contributed by atoms with Gasteiger partial charge < -0.3 is 19.9 Å². The zero-order chi connectivity index (χ0) is 26.1. The molecule has 0 atom stereocenters. The van der Waals surface area contributed by atoms with Crippen molar-refractivity contribution in [2.24, 2.45) is 20.5 Å². The number of fused-ring (bicyclic) bond motifs is 1. The molecule has 0 radical (unpaired) electrons. The van der Waals surface area contributed by atoms with Crippen molar-refractivity contribution in [3.8, 4) is 5.75 Å². The van der Waals surface area contributed by atoms with Crippen LogP contribution in [-0.4, -0.2) is 31.0 Å². The quantitative estimate of drug-likeness (QED) is 0.124.